The Kier molecular flexibility index (Phi) is 3.50. The van der Waals surface area contributed by atoms with Crippen LogP contribution in [-0.4, -0.2) is 11.9 Å². The van der Waals surface area contributed by atoms with Gasteiger partial charge in [-0.15, -0.1) is 0 Å². The first-order chi connectivity index (χ1) is 10.5. The van der Waals surface area contributed by atoms with Gasteiger partial charge in [-0.2, -0.15) is 0 Å². The fourth-order valence-electron chi connectivity index (χ4n) is 1.89. The second-order valence-corrected chi connectivity index (χ2v) is 4.52. The largest absolute Gasteiger partial charge is 0.402 e. The number of esters is 1. The molecule has 2 aromatic rings. The normalized spacial score (nSPS) is 15.9. The van der Waals surface area contributed by atoms with Crippen molar-refractivity contribution in [3.63, 3.8) is 0 Å². The molecule has 0 unspecified atom stereocenters. The summed E-state index contributed by atoms with van der Waals surface area (Å²) in [5.41, 5.74) is 0.656. The zero-order chi connectivity index (χ0) is 15.7. The van der Waals surface area contributed by atoms with Crippen molar-refractivity contribution in [2.45, 2.75) is 0 Å². The van der Waals surface area contributed by atoms with Crippen LogP contribution < -0.4 is 0 Å². The van der Waals surface area contributed by atoms with Gasteiger partial charge >= 0.3 is 5.97 Å². The molecule has 3 nitrogen and oxygen atoms in total. The molecule has 0 atom stereocenters. The van der Waals surface area contributed by atoms with Crippen molar-refractivity contribution in [3.8, 4) is 0 Å². The molecule has 0 amide bonds. The van der Waals surface area contributed by atoms with E-state index in [2.05, 4.69) is 4.99 Å². The van der Waals surface area contributed by atoms with Crippen molar-refractivity contribution in [2.75, 3.05) is 0 Å². The van der Waals surface area contributed by atoms with Gasteiger partial charge in [-0.25, -0.2) is 23.0 Å². The lowest BCUT2D eigenvalue weighted by atomic mass is 10.2. The maximum absolute atomic E-state index is 13.1. The van der Waals surface area contributed by atoms with Crippen molar-refractivity contribution >= 4 is 17.9 Å². The fraction of sp³-hybridized carbons (Fsp3) is 0. The second-order valence-electron chi connectivity index (χ2n) is 4.52. The number of hydrogen-bond donors (Lipinski definition) is 0. The van der Waals surface area contributed by atoms with Gasteiger partial charge in [0.15, 0.2) is 17.3 Å². The molecule has 0 N–H and O–H groups in total. The summed E-state index contributed by atoms with van der Waals surface area (Å²) in [6, 6.07) is 8.47. The SMILES string of the molecule is O=C1OC(c2ccc(F)cc2)=N/C1=C\c1ccc(F)c(F)c1. The van der Waals surface area contributed by atoms with E-state index in [1.165, 1.54) is 36.4 Å². The van der Waals surface area contributed by atoms with Gasteiger partial charge in [0.05, 0.1) is 0 Å². The van der Waals surface area contributed by atoms with E-state index in [9.17, 15) is 18.0 Å². The van der Waals surface area contributed by atoms with Crippen LogP contribution in [0.3, 0.4) is 0 Å². The number of hydrogen-bond acceptors (Lipinski definition) is 3. The molecule has 6 heteroatoms. The Morgan fingerprint density at radius 2 is 1.68 bits per heavy atom. The molecule has 0 bridgehead atoms. The van der Waals surface area contributed by atoms with Crippen LogP contribution in [0, 0.1) is 17.5 Å². The lowest BCUT2D eigenvalue weighted by Gasteiger charge is -1.98. The second kappa shape index (κ2) is 5.48. The minimum absolute atomic E-state index is 0.0267. The summed E-state index contributed by atoms with van der Waals surface area (Å²) in [6.07, 6.45) is 1.28. The number of cyclic esters (lactones) is 1. The van der Waals surface area contributed by atoms with E-state index in [0.717, 1.165) is 12.1 Å². The van der Waals surface area contributed by atoms with E-state index in [-0.39, 0.29) is 17.2 Å². The molecule has 1 aliphatic rings. The third-order valence-corrected chi connectivity index (χ3v) is 2.96. The predicted octanol–water partition coefficient (Wildman–Crippen LogP) is 3.45. The molecule has 22 heavy (non-hydrogen) atoms. The number of carbonyl (C=O) groups is 1. The fourth-order valence-corrected chi connectivity index (χ4v) is 1.89. The highest BCUT2D eigenvalue weighted by atomic mass is 19.2. The van der Waals surface area contributed by atoms with Crippen molar-refractivity contribution in [3.05, 3.63) is 76.7 Å². The van der Waals surface area contributed by atoms with Gasteiger partial charge in [0.2, 0.25) is 5.90 Å². The van der Waals surface area contributed by atoms with Gasteiger partial charge in [0.25, 0.3) is 0 Å². The Bertz CT molecular complexity index is 811. The van der Waals surface area contributed by atoms with Gasteiger partial charge in [-0.3, -0.25) is 0 Å². The standard InChI is InChI=1S/C16H8F3NO2/c17-11-4-2-10(3-5-11)15-20-14(16(21)22-15)8-9-1-6-12(18)13(19)7-9/h1-8H/b14-8-. The number of carbonyl (C=O) groups excluding carboxylic acids is 1. The van der Waals surface area contributed by atoms with E-state index in [1.807, 2.05) is 0 Å². The van der Waals surface area contributed by atoms with Crippen LogP contribution in [0.1, 0.15) is 11.1 Å². The highest BCUT2D eigenvalue weighted by molar-refractivity contribution is 6.12. The first kappa shape index (κ1) is 14.1. The molecule has 1 aliphatic heterocycles. The van der Waals surface area contributed by atoms with Gasteiger partial charge < -0.3 is 4.74 Å². The number of ether oxygens (including phenoxy) is 1. The molecule has 0 fully saturated rings. The Balaban J connectivity index is 1.93. The number of nitrogens with zero attached hydrogens (tertiary/aromatic N) is 1. The average molecular weight is 303 g/mol. The highest BCUT2D eigenvalue weighted by Gasteiger charge is 2.24. The maximum atomic E-state index is 13.1. The average Bonchev–Trinajstić information content (AvgIpc) is 2.85. The van der Waals surface area contributed by atoms with Crippen LogP contribution >= 0.6 is 0 Å². The Labute approximate surface area is 123 Å². The van der Waals surface area contributed by atoms with Crippen LogP contribution in [0.4, 0.5) is 13.2 Å². The maximum Gasteiger partial charge on any atom is 0.363 e. The van der Waals surface area contributed by atoms with E-state index >= 15 is 0 Å². The van der Waals surface area contributed by atoms with E-state index in [1.54, 1.807) is 0 Å². The molecular weight excluding hydrogens is 295 g/mol. The minimum atomic E-state index is -1.02. The molecule has 0 aliphatic carbocycles. The summed E-state index contributed by atoms with van der Waals surface area (Å²) in [7, 11) is 0. The third kappa shape index (κ3) is 2.76. The van der Waals surface area contributed by atoms with Crippen molar-refractivity contribution in [1.82, 2.24) is 0 Å². The summed E-state index contributed by atoms with van der Waals surface area (Å²) in [5.74, 6) is -3.12. The molecule has 3 rings (SSSR count). The highest BCUT2D eigenvalue weighted by Crippen LogP contribution is 2.20. The lowest BCUT2D eigenvalue weighted by molar-refractivity contribution is -0.129. The summed E-state index contributed by atoms with van der Waals surface area (Å²) < 4.78 is 43.8. The smallest absolute Gasteiger partial charge is 0.363 e. The van der Waals surface area contributed by atoms with Gasteiger partial charge in [-0.05, 0) is 48.0 Å². The Morgan fingerprint density at radius 3 is 2.36 bits per heavy atom. The first-order valence-corrected chi connectivity index (χ1v) is 6.26. The van der Waals surface area contributed by atoms with Crippen LogP contribution in [0.2, 0.25) is 0 Å². The minimum Gasteiger partial charge on any atom is -0.402 e. The summed E-state index contributed by atoms with van der Waals surface area (Å²) >= 11 is 0. The molecule has 0 aromatic heterocycles. The lowest BCUT2D eigenvalue weighted by Crippen LogP contribution is -2.05. The van der Waals surface area contributed by atoms with E-state index in [4.69, 9.17) is 4.74 Å². The van der Waals surface area contributed by atoms with Crippen molar-refractivity contribution in [1.29, 1.82) is 0 Å². The van der Waals surface area contributed by atoms with E-state index in [0.29, 0.717) is 5.56 Å². The summed E-state index contributed by atoms with van der Waals surface area (Å²) in [4.78, 5) is 15.7. The molecule has 0 radical (unpaired) electrons. The summed E-state index contributed by atoms with van der Waals surface area (Å²) in [5, 5.41) is 0. The van der Waals surface area contributed by atoms with Gasteiger partial charge in [0.1, 0.15) is 5.82 Å². The Morgan fingerprint density at radius 1 is 0.955 bits per heavy atom. The van der Waals surface area contributed by atoms with Crippen LogP contribution in [0.15, 0.2) is 53.2 Å². The molecule has 0 saturated heterocycles. The first-order valence-electron chi connectivity index (χ1n) is 6.26. The number of benzene rings is 2. The predicted molar refractivity (Wildman–Crippen MR) is 73.4 cm³/mol. The van der Waals surface area contributed by atoms with Gasteiger partial charge in [0, 0.05) is 5.56 Å². The quantitative estimate of drug-likeness (QED) is 0.629. The number of aliphatic imine (C=N–C) groups is 1. The molecule has 110 valence electrons. The molecular formula is C16H8F3NO2. The zero-order valence-corrected chi connectivity index (χ0v) is 11.0. The van der Waals surface area contributed by atoms with Crippen molar-refractivity contribution < 1.29 is 22.7 Å². The number of rotatable bonds is 2. The van der Waals surface area contributed by atoms with Crippen molar-refractivity contribution in [2.24, 2.45) is 4.99 Å². The molecule has 1 heterocycles. The molecule has 2 aromatic carbocycles. The monoisotopic (exact) mass is 303 g/mol. The van der Waals surface area contributed by atoms with E-state index < -0.39 is 23.4 Å². The van der Waals surface area contributed by atoms with Crippen LogP contribution in [0.5, 0.6) is 0 Å². The molecule has 0 saturated carbocycles. The number of halogens is 3. The van der Waals surface area contributed by atoms with Crippen LogP contribution in [0.25, 0.3) is 6.08 Å². The van der Waals surface area contributed by atoms with Crippen LogP contribution in [-0.2, 0) is 9.53 Å². The zero-order valence-electron chi connectivity index (χ0n) is 11.0. The Hall–Kier alpha value is -2.89. The summed E-state index contributed by atoms with van der Waals surface area (Å²) in [6.45, 7) is 0. The molecule has 0 spiro atoms. The topological polar surface area (TPSA) is 38.7 Å². The van der Waals surface area contributed by atoms with Gasteiger partial charge in [-0.1, -0.05) is 6.07 Å². The third-order valence-electron chi connectivity index (χ3n) is 2.96.